The Balaban J connectivity index is 2.46. The van der Waals surface area contributed by atoms with Gasteiger partial charge in [-0.15, -0.1) is 4.68 Å². The van der Waals surface area contributed by atoms with E-state index in [1.807, 2.05) is 0 Å². The summed E-state index contributed by atoms with van der Waals surface area (Å²) in [7, 11) is 1.79. The maximum Gasteiger partial charge on any atom is 0.340 e. The fourth-order valence-electron chi connectivity index (χ4n) is 0.859. The Labute approximate surface area is 70.6 Å². The first-order valence-corrected chi connectivity index (χ1v) is 3.75. The van der Waals surface area contributed by atoms with Crippen LogP contribution < -0.4 is 4.57 Å². The Bertz CT molecular complexity index is 269. The predicted octanol–water partition coefficient (Wildman–Crippen LogP) is -0.729. The van der Waals surface area contributed by atoms with Gasteiger partial charge < -0.3 is 4.74 Å². The zero-order valence-electron chi connectivity index (χ0n) is 7.23. The molecular weight excluding hydrogens is 158 g/mol. The second-order valence-corrected chi connectivity index (χ2v) is 2.40. The van der Waals surface area contributed by atoms with Crippen LogP contribution in [0.5, 0.6) is 0 Å². The van der Waals surface area contributed by atoms with Crippen LogP contribution in [-0.4, -0.2) is 22.4 Å². The van der Waals surface area contributed by atoms with Gasteiger partial charge >= 0.3 is 5.97 Å². The molecular formula is C7H12N3O2+. The molecule has 0 amide bonds. The van der Waals surface area contributed by atoms with E-state index in [2.05, 4.69) is 5.10 Å². The topological polar surface area (TPSA) is 48.0 Å². The van der Waals surface area contributed by atoms with Gasteiger partial charge in [-0.2, -0.15) is 0 Å². The fraction of sp³-hybridized carbons (Fsp3) is 0.571. The number of hydrogen-bond donors (Lipinski definition) is 0. The van der Waals surface area contributed by atoms with Crippen LogP contribution in [-0.2, 0) is 23.1 Å². The van der Waals surface area contributed by atoms with Crippen molar-refractivity contribution in [3.8, 4) is 0 Å². The molecule has 0 aliphatic rings. The number of rotatable bonds is 3. The molecule has 0 aliphatic heterocycles. The van der Waals surface area contributed by atoms with Crippen LogP contribution in [0, 0.1) is 0 Å². The highest BCUT2D eigenvalue weighted by Gasteiger charge is 2.07. The van der Waals surface area contributed by atoms with Gasteiger partial charge in [0.25, 0.3) is 6.33 Å². The van der Waals surface area contributed by atoms with Gasteiger partial charge in [0.2, 0.25) is 6.33 Å². The largest absolute Gasteiger partial charge is 0.464 e. The molecule has 0 spiro atoms. The first-order valence-electron chi connectivity index (χ1n) is 3.75. The van der Waals surface area contributed by atoms with Crippen LogP contribution in [0.25, 0.3) is 0 Å². The Morgan fingerprint density at radius 1 is 1.75 bits per heavy atom. The Kier molecular flexibility index (Phi) is 2.79. The third kappa shape index (κ3) is 2.34. The summed E-state index contributed by atoms with van der Waals surface area (Å²) in [5.74, 6) is -0.240. The monoisotopic (exact) mass is 170 g/mol. The molecule has 0 N–H and O–H groups in total. The highest BCUT2D eigenvalue weighted by atomic mass is 16.5. The summed E-state index contributed by atoms with van der Waals surface area (Å²) >= 11 is 0. The number of hydrogen-bond acceptors (Lipinski definition) is 3. The first kappa shape index (κ1) is 8.70. The van der Waals surface area contributed by atoms with Crippen molar-refractivity contribution in [3.63, 3.8) is 0 Å². The van der Waals surface area contributed by atoms with E-state index in [0.717, 1.165) is 0 Å². The van der Waals surface area contributed by atoms with Crippen LogP contribution in [0.2, 0.25) is 0 Å². The van der Waals surface area contributed by atoms with Crippen molar-refractivity contribution in [2.45, 2.75) is 13.5 Å². The lowest BCUT2D eigenvalue weighted by molar-refractivity contribution is -0.686. The minimum Gasteiger partial charge on any atom is -0.464 e. The summed E-state index contributed by atoms with van der Waals surface area (Å²) < 4.78 is 8.05. The van der Waals surface area contributed by atoms with E-state index in [1.54, 1.807) is 35.9 Å². The van der Waals surface area contributed by atoms with E-state index >= 15 is 0 Å². The van der Waals surface area contributed by atoms with Crippen molar-refractivity contribution in [2.75, 3.05) is 6.61 Å². The van der Waals surface area contributed by atoms with Gasteiger partial charge in [-0.1, -0.05) is 0 Å². The van der Waals surface area contributed by atoms with E-state index in [0.29, 0.717) is 6.61 Å². The van der Waals surface area contributed by atoms with Crippen LogP contribution in [0.4, 0.5) is 0 Å². The standard InChI is InChI=1S/C7H12N3O2/c1-3-12-7(11)4-10-5-8-9(2)6-10/h5-6H,3-4H2,1-2H3/q+1. The number of esters is 1. The number of carbonyl (C=O) groups is 1. The number of aryl methyl sites for hydroxylation is 1. The van der Waals surface area contributed by atoms with E-state index in [9.17, 15) is 4.79 Å². The summed E-state index contributed by atoms with van der Waals surface area (Å²) in [5.41, 5.74) is 0. The molecule has 1 heterocycles. The van der Waals surface area contributed by atoms with Gasteiger partial charge in [0.05, 0.1) is 13.7 Å². The molecule has 1 rings (SSSR count). The predicted molar refractivity (Wildman–Crippen MR) is 40.0 cm³/mol. The van der Waals surface area contributed by atoms with Crippen LogP contribution in [0.15, 0.2) is 12.7 Å². The minimum atomic E-state index is -0.240. The first-order chi connectivity index (χ1) is 5.72. The minimum absolute atomic E-state index is 0.224. The van der Waals surface area contributed by atoms with Crippen LogP contribution in [0.1, 0.15) is 6.92 Å². The van der Waals surface area contributed by atoms with Crippen molar-refractivity contribution in [1.29, 1.82) is 0 Å². The lowest BCUT2D eigenvalue weighted by Gasteiger charge is -1.97. The normalized spacial score (nSPS) is 9.83. The lowest BCUT2D eigenvalue weighted by atomic mass is 10.6. The molecule has 0 unspecified atom stereocenters. The molecule has 0 bridgehead atoms. The Morgan fingerprint density at radius 3 is 3.00 bits per heavy atom. The zero-order chi connectivity index (χ0) is 8.97. The van der Waals surface area contributed by atoms with E-state index in [1.165, 1.54) is 0 Å². The van der Waals surface area contributed by atoms with E-state index in [-0.39, 0.29) is 12.5 Å². The maximum atomic E-state index is 10.9. The molecule has 0 aliphatic carbocycles. The van der Waals surface area contributed by atoms with Gasteiger partial charge in [-0.05, 0) is 6.92 Å². The Morgan fingerprint density at radius 2 is 2.50 bits per heavy atom. The van der Waals surface area contributed by atoms with Gasteiger partial charge in [0.15, 0.2) is 6.54 Å². The molecule has 0 atom stereocenters. The molecule has 0 saturated carbocycles. The van der Waals surface area contributed by atoms with E-state index in [4.69, 9.17) is 4.74 Å². The summed E-state index contributed by atoms with van der Waals surface area (Å²) in [6.45, 7) is 2.42. The summed E-state index contributed by atoms with van der Waals surface area (Å²) in [4.78, 5) is 10.9. The number of ether oxygens (including phenoxy) is 1. The molecule has 5 heteroatoms. The molecule has 0 saturated heterocycles. The number of aromatic nitrogens is 3. The third-order valence-corrected chi connectivity index (χ3v) is 1.31. The molecule has 0 aromatic carbocycles. The van der Waals surface area contributed by atoms with Crippen molar-refractivity contribution in [2.24, 2.45) is 7.05 Å². The number of nitrogens with zero attached hydrogens (tertiary/aromatic N) is 3. The highest BCUT2D eigenvalue weighted by molar-refractivity contribution is 5.67. The smallest absolute Gasteiger partial charge is 0.340 e. The molecule has 1 aromatic rings. The molecule has 5 nitrogen and oxygen atoms in total. The zero-order valence-corrected chi connectivity index (χ0v) is 7.23. The average molecular weight is 170 g/mol. The third-order valence-electron chi connectivity index (χ3n) is 1.31. The summed E-state index contributed by atoms with van der Waals surface area (Å²) in [6.07, 6.45) is 3.30. The molecule has 12 heavy (non-hydrogen) atoms. The Hall–Kier alpha value is -1.39. The summed E-state index contributed by atoms with van der Waals surface area (Å²) in [5, 5.41) is 3.90. The van der Waals surface area contributed by atoms with Crippen molar-refractivity contribution in [1.82, 2.24) is 9.78 Å². The summed E-state index contributed by atoms with van der Waals surface area (Å²) in [6, 6.07) is 0. The highest BCUT2D eigenvalue weighted by Crippen LogP contribution is 1.78. The van der Waals surface area contributed by atoms with Gasteiger partial charge in [-0.25, -0.2) is 9.36 Å². The average Bonchev–Trinajstić information content (AvgIpc) is 2.36. The van der Waals surface area contributed by atoms with Crippen LogP contribution >= 0.6 is 0 Å². The van der Waals surface area contributed by atoms with Gasteiger partial charge in [-0.3, -0.25) is 0 Å². The quantitative estimate of drug-likeness (QED) is 0.444. The fourth-order valence-corrected chi connectivity index (χ4v) is 0.859. The van der Waals surface area contributed by atoms with Crippen molar-refractivity contribution < 1.29 is 14.1 Å². The van der Waals surface area contributed by atoms with Crippen LogP contribution in [0.3, 0.4) is 0 Å². The second-order valence-electron chi connectivity index (χ2n) is 2.40. The number of carbonyl (C=O) groups excluding carboxylic acids is 1. The van der Waals surface area contributed by atoms with Gasteiger partial charge in [0, 0.05) is 5.10 Å². The second kappa shape index (κ2) is 3.85. The molecule has 0 radical (unpaired) electrons. The SMILES string of the molecule is CCOC(=O)C[n+]1cnn(C)c1. The molecule has 66 valence electrons. The molecule has 1 aromatic heterocycles. The van der Waals surface area contributed by atoms with Gasteiger partial charge in [0.1, 0.15) is 0 Å². The lowest BCUT2D eigenvalue weighted by Crippen LogP contribution is -2.36. The maximum absolute atomic E-state index is 10.9. The van der Waals surface area contributed by atoms with Crippen molar-refractivity contribution >= 4 is 5.97 Å². The van der Waals surface area contributed by atoms with Crippen molar-refractivity contribution in [3.05, 3.63) is 12.7 Å². The van der Waals surface area contributed by atoms with E-state index < -0.39 is 0 Å². The molecule has 0 fully saturated rings.